The molecular weight excluding hydrogens is 424 g/mol. The predicted octanol–water partition coefficient (Wildman–Crippen LogP) is 6.04. The van der Waals surface area contributed by atoms with Gasteiger partial charge in [0.2, 0.25) is 0 Å². The van der Waals surface area contributed by atoms with Crippen LogP contribution in [-0.4, -0.2) is 12.5 Å². The maximum Gasteiger partial charge on any atom is 0.262 e. The molecule has 7 heteroatoms. The van der Waals surface area contributed by atoms with Gasteiger partial charge >= 0.3 is 0 Å². The lowest BCUT2D eigenvalue weighted by molar-refractivity contribution is -0.118. The molecule has 0 aliphatic rings. The molecular formula is C16H13BrCl3NO2. The lowest BCUT2D eigenvalue weighted by Gasteiger charge is -2.13. The normalized spacial score (nSPS) is 10.5. The molecule has 0 heterocycles. The summed E-state index contributed by atoms with van der Waals surface area (Å²) in [5.41, 5.74) is 2.43. The monoisotopic (exact) mass is 435 g/mol. The molecule has 2 rings (SSSR count). The van der Waals surface area contributed by atoms with Crippen LogP contribution >= 0.6 is 50.7 Å². The first kappa shape index (κ1) is 18.4. The number of amides is 1. The van der Waals surface area contributed by atoms with Gasteiger partial charge < -0.3 is 10.1 Å². The van der Waals surface area contributed by atoms with Crippen LogP contribution in [0, 0.1) is 13.8 Å². The highest BCUT2D eigenvalue weighted by Gasteiger charge is 2.12. The van der Waals surface area contributed by atoms with Crippen molar-refractivity contribution in [3.63, 3.8) is 0 Å². The molecule has 0 aliphatic heterocycles. The van der Waals surface area contributed by atoms with Crippen LogP contribution in [0.15, 0.2) is 28.7 Å². The first-order valence-corrected chi connectivity index (χ1v) is 8.54. The summed E-state index contributed by atoms with van der Waals surface area (Å²) in [4.78, 5) is 12.0. The Labute approximate surface area is 158 Å². The Morgan fingerprint density at radius 3 is 2.39 bits per heavy atom. The molecule has 1 amide bonds. The van der Waals surface area contributed by atoms with Gasteiger partial charge in [-0.2, -0.15) is 0 Å². The molecule has 0 radical (unpaired) electrons. The van der Waals surface area contributed by atoms with Crippen molar-refractivity contribution >= 4 is 62.3 Å². The Balaban J connectivity index is 2.05. The Hall–Kier alpha value is -0.940. The van der Waals surface area contributed by atoms with E-state index in [1.807, 2.05) is 26.0 Å². The molecule has 2 aromatic carbocycles. The second kappa shape index (κ2) is 7.75. The van der Waals surface area contributed by atoms with Gasteiger partial charge in [0.05, 0.1) is 25.2 Å². The molecule has 23 heavy (non-hydrogen) atoms. The fourth-order valence-electron chi connectivity index (χ4n) is 2.03. The van der Waals surface area contributed by atoms with Gasteiger partial charge in [-0.3, -0.25) is 4.79 Å². The van der Waals surface area contributed by atoms with Crippen molar-refractivity contribution < 1.29 is 9.53 Å². The van der Waals surface area contributed by atoms with Gasteiger partial charge in [-0.1, -0.05) is 40.9 Å². The number of hydrogen-bond donors (Lipinski definition) is 1. The van der Waals surface area contributed by atoms with Crippen LogP contribution in [0.2, 0.25) is 15.1 Å². The van der Waals surface area contributed by atoms with E-state index >= 15 is 0 Å². The van der Waals surface area contributed by atoms with Crippen LogP contribution in [0.1, 0.15) is 11.1 Å². The number of hydrogen-bond acceptors (Lipinski definition) is 2. The van der Waals surface area contributed by atoms with Gasteiger partial charge in [0.1, 0.15) is 5.75 Å². The zero-order valence-electron chi connectivity index (χ0n) is 12.3. The lowest BCUT2D eigenvalue weighted by Crippen LogP contribution is -2.20. The topological polar surface area (TPSA) is 38.3 Å². The second-order valence-electron chi connectivity index (χ2n) is 4.98. The Morgan fingerprint density at radius 2 is 1.74 bits per heavy atom. The highest BCUT2D eigenvalue weighted by Crippen LogP contribution is 2.33. The first-order chi connectivity index (χ1) is 10.8. The summed E-state index contributed by atoms with van der Waals surface area (Å²) in [7, 11) is 0. The van der Waals surface area contributed by atoms with E-state index in [4.69, 9.17) is 39.5 Å². The van der Waals surface area contributed by atoms with Gasteiger partial charge in [0.25, 0.3) is 5.91 Å². The Bertz CT molecular complexity index is 742. The lowest BCUT2D eigenvalue weighted by atomic mass is 10.1. The summed E-state index contributed by atoms with van der Waals surface area (Å²) in [6.45, 7) is 3.75. The highest BCUT2D eigenvalue weighted by molar-refractivity contribution is 9.10. The predicted molar refractivity (Wildman–Crippen MR) is 99.2 cm³/mol. The third kappa shape index (κ3) is 4.77. The molecule has 122 valence electrons. The third-order valence-electron chi connectivity index (χ3n) is 3.01. The highest BCUT2D eigenvalue weighted by atomic mass is 79.9. The van der Waals surface area contributed by atoms with Crippen molar-refractivity contribution in [2.75, 3.05) is 11.9 Å². The zero-order chi connectivity index (χ0) is 17.1. The van der Waals surface area contributed by atoms with Crippen molar-refractivity contribution in [2.24, 2.45) is 0 Å². The van der Waals surface area contributed by atoms with E-state index < -0.39 is 0 Å². The molecule has 2 aromatic rings. The van der Waals surface area contributed by atoms with Gasteiger partial charge in [-0.05, 0) is 59.1 Å². The molecule has 0 atom stereocenters. The number of benzene rings is 2. The van der Waals surface area contributed by atoms with Crippen molar-refractivity contribution in [1.82, 2.24) is 0 Å². The fourth-order valence-corrected chi connectivity index (χ4v) is 3.41. The summed E-state index contributed by atoms with van der Waals surface area (Å²) in [5, 5.41) is 3.58. The number of anilines is 1. The van der Waals surface area contributed by atoms with Crippen molar-refractivity contribution in [3.8, 4) is 5.75 Å². The summed E-state index contributed by atoms with van der Waals surface area (Å²) in [6, 6.07) is 6.88. The second-order valence-corrected chi connectivity index (χ2v) is 7.05. The maximum atomic E-state index is 12.0. The number of rotatable bonds is 4. The van der Waals surface area contributed by atoms with Crippen LogP contribution in [0.3, 0.4) is 0 Å². The fraction of sp³-hybridized carbons (Fsp3) is 0.188. The number of nitrogens with one attached hydrogen (secondary N) is 1. The summed E-state index contributed by atoms with van der Waals surface area (Å²) < 4.78 is 6.39. The van der Waals surface area contributed by atoms with Crippen LogP contribution in [-0.2, 0) is 4.79 Å². The Kier molecular flexibility index (Phi) is 6.20. The minimum Gasteiger partial charge on any atom is -0.482 e. The zero-order valence-corrected chi connectivity index (χ0v) is 16.2. The molecule has 3 nitrogen and oxygen atoms in total. The van der Waals surface area contributed by atoms with Gasteiger partial charge in [0.15, 0.2) is 6.61 Å². The van der Waals surface area contributed by atoms with E-state index in [-0.39, 0.29) is 12.5 Å². The molecule has 0 aromatic heterocycles. The van der Waals surface area contributed by atoms with E-state index in [9.17, 15) is 4.79 Å². The summed E-state index contributed by atoms with van der Waals surface area (Å²) >= 11 is 21.2. The molecule has 0 unspecified atom stereocenters. The molecule has 0 fully saturated rings. The van der Waals surface area contributed by atoms with E-state index in [0.717, 1.165) is 15.6 Å². The summed E-state index contributed by atoms with van der Waals surface area (Å²) in [5.74, 6) is 0.281. The van der Waals surface area contributed by atoms with Crippen molar-refractivity contribution in [1.29, 1.82) is 0 Å². The van der Waals surface area contributed by atoms with Crippen LogP contribution in [0.25, 0.3) is 0 Å². The average molecular weight is 438 g/mol. The SMILES string of the molecule is Cc1cc(C)c(OCC(=O)Nc2cc(Cl)c(Cl)cc2Cl)c(Br)c1. The van der Waals surface area contributed by atoms with Gasteiger partial charge in [-0.25, -0.2) is 0 Å². The number of carbonyl (C=O) groups is 1. The van der Waals surface area contributed by atoms with Gasteiger partial charge in [0, 0.05) is 0 Å². The standard InChI is InChI=1S/C16H13BrCl3NO2/c1-8-3-9(2)16(10(17)4-8)23-7-15(22)21-14-6-12(19)11(18)5-13(14)20/h3-6H,7H2,1-2H3,(H,21,22). The molecule has 0 saturated heterocycles. The Morgan fingerprint density at radius 1 is 1.09 bits per heavy atom. The maximum absolute atomic E-state index is 12.0. The first-order valence-electron chi connectivity index (χ1n) is 6.62. The van der Waals surface area contributed by atoms with E-state index in [0.29, 0.717) is 26.5 Å². The van der Waals surface area contributed by atoms with Gasteiger partial charge in [-0.15, -0.1) is 0 Å². The van der Waals surface area contributed by atoms with E-state index in [1.165, 1.54) is 12.1 Å². The quantitative estimate of drug-likeness (QED) is 0.592. The van der Waals surface area contributed by atoms with E-state index in [2.05, 4.69) is 21.2 Å². The molecule has 0 spiro atoms. The molecule has 0 saturated carbocycles. The minimum absolute atomic E-state index is 0.154. The third-order valence-corrected chi connectivity index (χ3v) is 4.63. The largest absolute Gasteiger partial charge is 0.482 e. The number of aryl methyl sites for hydroxylation is 2. The molecule has 0 bridgehead atoms. The minimum atomic E-state index is -0.350. The van der Waals surface area contributed by atoms with Crippen LogP contribution in [0.4, 0.5) is 5.69 Å². The number of halogens is 4. The van der Waals surface area contributed by atoms with Crippen LogP contribution < -0.4 is 10.1 Å². The molecule has 1 N–H and O–H groups in total. The molecule has 0 aliphatic carbocycles. The summed E-state index contributed by atoms with van der Waals surface area (Å²) in [6.07, 6.45) is 0. The van der Waals surface area contributed by atoms with E-state index in [1.54, 1.807) is 0 Å². The number of carbonyl (C=O) groups excluding carboxylic acids is 1. The number of ether oxygens (including phenoxy) is 1. The smallest absolute Gasteiger partial charge is 0.262 e. The van der Waals surface area contributed by atoms with Crippen molar-refractivity contribution in [3.05, 3.63) is 54.9 Å². The van der Waals surface area contributed by atoms with Crippen molar-refractivity contribution in [2.45, 2.75) is 13.8 Å². The average Bonchev–Trinajstić information content (AvgIpc) is 2.43. The van der Waals surface area contributed by atoms with Crippen LogP contribution in [0.5, 0.6) is 5.75 Å².